The number of aryl methyl sites for hydroxylation is 3. The van der Waals surface area contributed by atoms with Crippen molar-refractivity contribution in [3.05, 3.63) is 76.7 Å². The van der Waals surface area contributed by atoms with Crippen molar-refractivity contribution >= 4 is 23.1 Å². The van der Waals surface area contributed by atoms with Gasteiger partial charge in [0, 0.05) is 11.4 Å². The third-order valence-corrected chi connectivity index (χ3v) is 4.23. The molecular weight excluding hydrogens is 324 g/mol. The van der Waals surface area contributed by atoms with Gasteiger partial charge in [0.05, 0.1) is 12.4 Å². The zero-order valence-corrected chi connectivity index (χ0v) is 15.4. The smallest absolute Gasteiger partial charge is 0.275 e. The Labute approximate surface area is 153 Å². The lowest BCUT2D eigenvalue weighted by Crippen LogP contribution is -2.14. The van der Waals surface area contributed by atoms with E-state index in [1.54, 1.807) is 6.20 Å². The van der Waals surface area contributed by atoms with Crippen molar-refractivity contribution < 1.29 is 4.79 Å². The molecule has 0 aliphatic heterocycles. The van der Waals surface area contributed by atoms with Gasteiger partial charge in [-0.1, -0.05) is 18.2 Å². The van der Waals surface area contributed by atoms with Crippen molar-refractivity contribution in [3.63, 3.8) is 0 Å². The number of nitrogens with one attached hydrogen (secondary N) is 2. The summed E-state index contributed by atoms with van der Waals surface area (Å²) >= 11 is 0. The second-order valence-corrected chi connectivity index (χ2v) is 6.49. The monoisotopic (exact) mass is 346 g/mol. The number of amides is 1. The summed E-state index contributed by atoms with van der Waals surface area (Å²) in [7, 11) is 0. The molecule has 1 heterocycles. The first-order chi connectivity index (χ1) is 12.4. The molecule has 0 aliphatic carbocycles. The van der Waals surface area contributed by atoms with Crippen LogP contribution in [0.2, 0.25) is 0 Å². The van der Waals surface area contributed by atoms with Gasteiger partial charge < -0.3 is 10.6 Å². The van der Waals surface area contributed by atoms with Crippen LogP contribution in [0.5, 0.6) is 0 Å². The van der Waals surface area contributed by atoms with Crippen molar-refractivity contribution in [2.75, 3.05) is 10.6 Å². The van der Waals surface area contributed by atoms with E-state index in [1.165, 1.54) is 11.8 Å². The summed E-state index contributed by atoms with van der Waals surface area (Å²) in [5.41, 5.74) is 6.56. The molecule has 0 bridgehead atoms. The highest BCUT2D eigenvalue weighted by Gasteiger charge is 2.10. The third-order valence-electron chi connectivity index (χ3n) is 4.23. The largest absolute Gasteiger partial charge is 0.339 e. The first kappa shape index (κ1) is 17.6. The summed E-state index contributed by atoms with van der Waals surface area (Å²) in [6.45, 7) is 8.11. The Morgan fingerprint density at radius 2 is 1.65 bits per heavy atom. The summed E-state index contributed by atoms with van der Waals surface area (Å²) < 4.78 is 0. The minimum Gasteiger partial charge on any atom is -0.339 e. The molecular formula is C21H22N4O. The van der Waals surface area contributed by atoms with Gasteiger partial charge in [0.2, 0.25) is 0 Å². The average molecular weight is 346 g/mol. The van der Waals surface area contributed by atoms with Crippen molar-refractivity contribution in [2.24, 2.45) is 0 Å². The lowest BCUT2D eigenvalue weighted by molar-refractivity contribution is 0.102. The molecule has 2 N–H and O–H groups in total. The molecule has 0 aliphatic rings. The van der Waals surface area contributed by atoms with Gasteiger partial charge in [0.25, 0.3) is 5.91 Å². The number of carbonyl (C=O) groups excluding carboxylic acids is 1. The zero-order valence-electron chi connectivity index (χ0n) is 15.4. The SMILES string of the molecule is Cc1cc(C)cc(NC(=O)c2cnc(Nc3cccc(C)c3C)cn2)c1. The Morgan fingerprint density at radius 3 is 2.31 bits per heavy atom. The van der Waals surface area contributed by atoms with Crippen molar-refractivity contribution in [1.29, 1.82) is 0 Å². The molecule has 0 unspecified atom stereocenters. The van der Waals surface area contributed by atoms with Crippen LogP contribution in [0.4, 0.5) is 17.2 Å². The van der Waals surface area contributed by atoms with E-state index in [0.717, 1.165) is 28.1 Å². The molecule has 0 spiro atoms. The Balaban J connectivity index is 1.72. The highest BCUT2D eigenvalue weighted by molar-refractivity contribution is 6.02. The van der Waals surface area contributed by atoms with Gasteiger partial charge in [-0.05, 0) is 68.1 Å². The maximum Gasteiger partial charge on any atom is 0.275 e. The lowest BCUT2D eigenvalue weighted by Gasteiger charge is -2.11. The average Bonchev–Trinajstić information content (AvgIpc) is 2.58. The first-order valence-electron chi connectivity index (χ1n) is 8.47. The minimum absolute atomic E-state index is 0.274. The maximum absolute atomic E-state index is 12.4. The van der Waals surface area contributed by atoms with Gasteiger partial charge >= 0.3 is 0 Å². The lowest BCUT2D eigenvalue weighted by atomic mass is 10.1. The van der Waals surface area contributed by atoms with Gasteiger partial charge in [-0.25, -0.2) is 9.97 Å². The Bertz CT molecular complexity index is 928. The Morgan fingerprint density at radius 1 is 0.923 bits per heavy atom. The van der Waals surface area contributed by atoms with E-state index < -0.39 is 0 Å². The van der Waals surface area contributed by atoms with Gasteiger partial charge in [-0.3, -0.25) is 4.79 Å². The first-order valence-corrected chi connectivity index (χ1v) is 8.47. The molecule has 0 saturated heterocycles. The number of rotatable bonds is 4. The summed E-state index contributed by atoms with van der Waals surface area (Å²) in [4.78, 5) is 20.9. The fourth-order valence-electron chi connectivity index (χ4n) is 2.78. The van der Waals surface area contributed by atoms with E-state index >= 15 is 0 Å². The van der Waals surface area contributed by atoms with Crippen LogP contribution in [0.25, 0.3) is 0 Å². The molecule has 0 fully saturated rings. The Hall–Kier alpha value is -3.21. The van der Waals surface area contributed by atoms with Crippen molar-refractivity contribution in [1.82, 2.24) is 9.97 Å². The molecule has 0 atom stereocenters. The number of hydrogen-bond donors (Lipinski definition) is 2. The summed E-state index contributed by atoms with van der Waals surface area (Å²) in [6.07, 6.45) is 3.05. The molecule has 1 amide bonds. The molecule has 0 radical (unpaired) electrons. The number of hydrogen-bond acceptors (Lipinski definition) is 4. The fourth-order valence-corrected chi connectivity index (χ4v) is 2.78. The van der Waals surface area contributed by atoms with Gasteiger partial charge in [-0.2, -0.15) is 0 Å². The van der Waals surface area contributed by atoms with Gasteiger partial charge in [-0.15, -0.1) is 0 Å². The van der Waals surface area contributed by atoms with Crippen LogP contribution in [0.15, 0.2) is 48.8 Å². The molecule has 3 rings (SSSR count). The molecule has 2 aromatic carbocycles. The molecule has 5 heteroatoms. The molecule has 1 aromatic heterocycles. The fraction of sp³-hybridized carbons (Fsp3) is 0.190. The molecule has 3 aromatic rings. The molecule has 26 heavy (non-hydrogen) atoms. The second-order valence-electron chi connectivity index (χ2n) is 6.49. The third kappa shape index (κ3) is 4.06. The Kier molecular flexibility index (Phi) is 4.98. The summed E-state index contributed by atoms with van der Waals surface area (Å²) in [5.74, 6) is 0.322. The molecule has 0 saturated carbocycles. The number of nitrogens with zero attached hydrogens (tertiary/aromatic N) is 2. The van der Waals surface area contributed by atoms with Crippen LogP contribution in [-0.4, -0.2) is 15.9 Å². The number of aromatic nitrogens is 2. The predicted molar refractivity (Wildman–Crippen MR) is 105 cm³/mol. The van der Waals surface area contributed by atoms with E-state index in [2.05, 4.69) is 46.6 Å². The van der Waals surface area contributed by atoms with Crippen LogP contribution in [0.3, 0.4) is 0 Å². The van der Waals surface area contributed by atoms with Crippen LogP contribution >= 0.6 is 0 Å². The number of benzene rings is 2. The van der Waals surface area contributed by atoms with E-state index in [0.29, 0.717) is 5.82 Å². The van der Waals surface area contributed by atoms with Crippen LogP contribution in [-0.2, 0) is 0 Å². The standard InChI is InChI=1S/C21H22N4O/c1-13-8-14(2)10-17(9-13)24-21(26)19-11-23-20(12-22-19)25-18-7-5-6-15(3)16(18)4/h5-12H,1-4H3,(H,23,25)(H,24,26). The van der Waals surface area contributed by atoms with Crippen LogP contribution in [0, 0.1) is 27.7 Å². The van der Waals surface area contributed by atoms with E-state index in [4.69, 9.17) is 0 Å². The number of anilines is 3. The second kappa shape index (κ2) is 7.35. The molecule has 132 valence electrons. The van der Waals surface area contributed by atoms with Crippen LogP contribution < -0.4 is 10.6 Å². The predicted octanol–water partition coefficient (Wildman–Crippen LogP) is 4.71. The highest BCUT2D eigenvalue weighted by atomic mass is 16.1. The van der Waals surface area contributed by atoms with Gasteiger partial charge in [0.15, 0.2) is 0 Å². The topological polar surface area (TPSA) is 66.9 Å². The van der Waals surface area contributed by atoms with Crippen LogP contribution in [0.1, 0.15) is 32.7 Å². The van der Waals surface area contributed by atoms with Crippen molar-refractivity contribution in [2.45, 2.75) is 27.7 Å². The molecule has 5 nitrogen and oxygen atoms in total. The van der Waals surface area contributed by atoms with E-state index in [-0.39, 0.29) is 11.6 Å². The number of carbonyl (C=O) groups is 1. The summed E-state index contributed by atoms with van der Waals surface area (Å²) in [6, 6.07) is 12.0. The van der Waals surface area contributed by atoms with Gasteiger partial charge in [0.1, 0.15) is 11.5 Å². The normalized spacial score (nSPS) is 10.5. The quantitative estimate of drug-likeness (QED) is 0.718. The maximum atomic E-state index is 12.4. The minimum atomic E-state index is -0.277. The van der Waals surface area contributed by atoms with Crippen molar-refractivity contribution in [3.8, 4) is 0 Å². The van der Waals surface area contributed by atoms with E-state index in [1.807, 2.05) is 38.1 Å². The van der Waals surface area contributed by atoms with E-state index in [9.17, 15) is 4.79 Å². The zero-order chi connectivity index (χ0) is 18.7. The highest BCUT2D eigenvalue weighted by Crippen LogP contribution is 2.21. The summed E-state index contributed by atoms with van der Waals surface area (Å²) in [5, 5.41) is 6.10.